The molecule has 1 aromatic heterocycles. The number of fused-ring (bicyclic) bond motifs is 1. The lowest BCUT2D eigenvalue weighted by Crippen LogP contribution is -2.38. The van der Waals surface area contributed by atoms with E-state index in [0.717, 1.165) is 16.5 Å². The summed E-state index contributed by atoms with van der Waals surface area (Å²) in [6.45, 7) is 2.20. The number of esters is 1. The van der Waals surface area contributed by atoms with Crippen molar-refractivity contribution in [2.75, 3.05) is 13.2 Å². The summed E-state index contributed by atoms with van der Waals surface area (Å²) in [5.41, 5.74) is 1.77. The van der Waals surface area contributed by atoms with Crippen LogP contribution in [0.1, 0.15) is 12.5 Å². The van der Waals surface area contributed by atoms with Crippen molar-refractivity contribution in [2.45, 2.75) is 13.5 Å². The lowest BCUT2D eigenvalue weighted by Gasteiger charge is -2.09. The molecule has 0 aliphatic rings. The Hall–Kier alpha value is -2.63. The van der Waals surface area contributed by atoms with Gasteiger partial charge in [0.15, 0.2) is 0 Å². The van der Waals surface area contributed by atoms with Gasteiger partial charge in [-0.2, -0.15) is 0 Å². The van der Waals surface area contributed by atoms with Gasteiger partial charge in [-0.1, -0.05) is 24.3 Å². The van der Waals surface area contributed by atoms with E-state index in [1.54, 1.807) is 13.1 Å². The molecule has 110 valence electrons. The van der Waals surface area contributed by atoms with Gasteiger partial charge in [0.1, 0.15) is 6.54 Å². The average Bonchev–Trinajstić information content (AvgIpc) is 2.51. The average molecular weight is 287 g/mol. The number of nitrogens with one attached hydrogen (secondary N) is 2. The third-order valence-corrected chi connectivity index (χ3v) is 2.85. The van der Waals surface area contributed by atoms with Crippen molar-refractivity contribution in [1.82, 2.24) is 15.6 Å². The highest BCUT2D eigenvalue weighted by Crippen LogP contribution is 2.15. The largest absolute Gasteiger partial charge is 0.465 e. The van der Waals surface area contributed by atoms with Crippen LogP contribution in [0.5, 0.6) is 0 Å². The Bertz CT molecular complexity index is 638. The second-order valence-electron chi connectivity index (χ2n) is 4.33. The molecule has 0 aliphatic heterocycles. The third-order valence-electron chi connectivity index (χ3n) is 2.85. The highest BCUT2D eigenvalue weighted by atomic mass is 16.5. The molecule has 0 atom stereocenters. The van der Waals surface area contributed by atoms with Crippen LogP contribution in [0, 0.1) is 0 Å². The molecule has 1 aromatic carbocycles. The minimum atomic E-state index is -0.459. The number of urea groups is 1. The first-order chi connectivity index (χ1) is 10.2. The van der Waals surface area contributed by atoms with Gasteiger partial charge >= 0.3 is 12.0 Å². The van der Waals surface area contributed by atoms with E-state index >= 15 is 0 Å². The normalized spacial score (nSPS) is 10.1. The summed E-state index contributed by atoms with van der Waals surface area (Å²) in [6, 6.07) is 9.19. The number of rotatable bonds is 5. The fourth-order valence-corrected chi connectivity index (χ4v) is 1.91. The Balaban J connectivity index is 1.90. The van der Waals surface area contributed by atoms with Gasteiger partial charge in [0.05, 0.1) is 12.1 Å². The smallest absolute Gasteiger partial charge is 0.325 e. The van der Waals surface area contributed by atoms with E-state index in [-0.39, 0.29) is 6.54 Å². The zero-order valence-electron chi connectivity index (χ0n) is 11.8. The van der Waals surface area contributed by atoms with Gasteiger partial charge in [-0.3, -0.25) is 9.78 Å². The first-order valence-electron chi connectivity index (χ1n) is 6.70. The number of hydrogen-bond donors (Lipinski definition) is 2. The summed E-state index contributed by atoms with van der Waals surface area (Å²) < 4.78 is 4.72. The lowest BCUT2D eigenvalue weighted by molar-refractivity contribution is -0.141. The predicted molar refractivity (Wildman–Crippen MR) is 78.6 cm³/mol. The highest BCUT2D eigenvalue weighted by Gasteiger charge is 2.07. The van der Waals surface area contributed by atoms with Crippen molar-refractivity contribution in [2.24, 2.45) is 0 Å². The Labute approximate surface area is 122 Å². The summed E-state index contributed by atoms with van der Waals surface area (Å²) in [5, 5.41) is 6.15. The van der Waals surface area contributed by atoms with Crippen molar-refractivity contribution in [3.8, 4) is 0 Å². The number of para-hydroxylation sites is 1. The molecule has 0 spiro atoms. The number of amides is 2. The molecule has 0 radical (unpaired) electrons. The van der Waals surface area contributed by atoms with Gasteiger partial charge in [0, 0.05) is 18.1 Å². The van der Waals surface area contributed by atoms with Crippen molar-refractivity contribution < 1.29 is 14.3 Å². The molecular formula is C15H17N3O3. The van der Waals surface area contributed by atoms with E-state index < -0.39 is 12.0 Å². The fourth-order valence-electron chi connectivity index (χ4n) is 1.91. The molecule has 0 saturated carbocycles. The number of benzene rings is 1. The van der Waals surface area contributed by atoms with Crippen molar-refractivity contribution in [3.63, 3.8) is 0 Å². The minimum Gasteiger partial charge on any atom is -0.465 e. The molecule has 0 aliphatic carbocycles. The minimum absolute atomic E-state index is 0.145. The summed E-state index contributed by atoms with van der Waals surface area (Å²) in [6.07, 6.45) is 1.71. The van der Waals surface area contributed by atoms with Gasteiger partial charge < -0.3 is 15.4 Å². The van der Waals surface area contributed by atoms with E-state index in [1.165, 1.54) is 0 Å². The highest BCUT2D eigenvalue weighted by molar-refractivity contribution is 5.83. The summed E-state index contributed by atoms with van der Waals surface area (Å²) in [4.78, 5) is 27.0. The zero-order chi connectivity index (χ0) is 15.1. The maximum absolute atomic E-state index is 11.6. The summed E-state index contributed by atoms with van der Waals surface area (Å²) in [5.74, 6) is -0.459. The number of carbonyl (C=O) groups is 2. The van der Waals surface area contributed by atoms with E-state index in [9.17, 15) is 9.59 Å². The molecule has 2 aromatic rings. The number of ether oxygens (including phenoxy) is 1. The Morgan fingerprint density at radius 2 is 2.00 bits per heavy atom. The van der Waals surface area contributed by atoms with Crippen molar-refractivity contribution in [3.05, 3.63) is 42.1 Å². The van der Waals surface area contributed by atoms with E-state index in [4.69, 9.17) is 4.74 Å². The number of aromatic nitrogens is 1. The number of nitrogens with zero attached hydrogens (tertiary/aromatic N) is 1. The lowest BCUT2D eigenvalue weighted by atomic mass is 10.1. The molecule has 0 unspecified atom stereocenters. The molecule has 0 saturated heterocycles. The Morgan fingerprint density at radius 3 is 2.81 bits per heavy atom. The van der Waals surface area contributed by atoms with Crippen LogP contribution in [0.25, 0.3) is 10.9 Å². The van der Waals surface area contributed by atoms with Crippen LogP contribution < -0.4 is 10.6 Å². The Kier molecular flexibility index (Phi) is 5.09. The maximum Gasteiger partial charge on any atom is 0.325 e. The SMILES string of the molecule is CCOC(=O)CNC(=O)NCc1cccc2cccnc12. The molecule has 2 amide bonds. The predicted octanol–water partition coefficient (Wildman–Crippen LogP) is 1.60. The molecule has 6 nitrogen and oxygen atoms in total. The van der Waals surface area contributed by atoms with Gasteiger partial charge in [-0.15, -0.1) is 0 Å². The van der Waals surface area contributed by atoms with E-state index in [1.807, 2.05) is 30.3 Å². The van der Waals surface area contributed by atoms with Crippen molar-refractivity contribution in [1.29, 1.82) is 0 Å². The maximum atomic E-state index is 11.6. The molecule has 0 fully saturated rings. The molecule has 2 rings (SSSR count). The van der Waals surface area contributed by atoms with Crippen LogP contribution in [0.15, 0.2) is 36.5 Å². The van der Waals surface area contributed by atoms with Crippen molar-refractivity contribution >= 4 is 22.9 Å². The number of hydrogen-bond acceptors (Lipinski definition) is 4. The summed E-state index contributed by atoms with van der Waals surface area (Å²) >= 11 is 0. The molecule has 1 heterocycles. The van der Waals surface area contributed by atoms with Crippen LogP contribution in [-0.2, 0) is 16.1 Å². The molecule has 21 heavy (non-hydrogen) atoms. The van der Waals surface area contributed by atoms with Crippen LogP contribution >= 0.6 is 0 Å². The van der Waals surface area contributed by atoms with Crippen LogP contribution in [-0.4, -0.2) is 30.1 Å². The zero-order valence-corrected chi connectivity index (χ0v) is 11.8. The standard InChI is InChI=1S/C15H17N3O3/c1-2-21-13(19)10-18-15(20)17-9-12-6-3-5-11-7-4-8-16-14(11)12/h3-8H,2,9-10H2,1H3,(H2,17,18,20). The quantitative estimate of drug-likeness (QED) is 0.818. The van der Waals surface area contributed by atoms with E-state index in [2.05, 4.69) is 15.6 Å². The van der Waals surface area contributed by atoms with Crippen LogP contribution in [0.3, 0.4) is 0 Å². The molecule has 6 heteroatoms. The fraction of sp³-hybridized carbons (Fsp3) is 0.267. The first-order valence-corrected chi connectivity index (χ1v) is 6.70. The molecule has 0 bridgehead atoms. The molecule has 2 N–H and O–H groups in total. The van der Waals surface area contributed by atoms with E-state index in [0.29, 0.717) is 13.2 Å². The van der Waals surface area contributed by atoms with Gasteiger partial charge in [-0.05, 0) is 18.6 Å². The Morgan fingerprint density at radius 1 is 1.19 bits per heavy atom. The molecular weight excluding hydrogens is 270 g/mol. The number of carbonyl (C=O) groups excluding carboxylic acids is 2. The first kappa shape index (κ1) is 14.8. The number of pyridine rings is 1. The topological polar surface area (TPSA) is 80.3 Å². The summed E-state index contributed by atoms with van der Waals surface area (Å²) in [7, 11) is 0. The third kappa shape index (κ3) is 4.17. The van der Waals surface area contributed by atoms with Gasteiger partial charge in [0.2, 0.25) is 0 Å². The monoisotopic (exact) mass is 287 g/mol. The van der Waals surface area contributed by atoms with Crippen LogP contribution in [0.4, 0.5) is 4.79 Å². The van der Waals surface area contributed by atoms with Gasteiger partial charge in [-0.25, -0.2) is 4.79 Å². The van der Waals surface area contributed by atoms with Gasteiger partial charge in [0.25, 0.3) is 0 Å². The second-order valence-corrected chi connectivity index (χ2v) is 4.33. The second kappa shape index (κ2) is 7.23. The van der Waals surface area contributed by atoms with Crippen LogP contribution in [0.2, 0.25) is 0 Å².